The van der Waals surface area contributed by atoms with E-state index in [1.165, 1.54) is 19.2 Å². The predicted molar refractivity (Wildman–Crippen MR) is 69.6 cm³/mol. The van der Waals surface area contributed by atoms with Crippen LogP contribution in [0.3, 0.4) is 0 Å². The van der Waals surface area contributed by atoms with Crippen LogP contribution in [0.4, 0.5) is 0 Å². The normalized spacial score (nSPS) is 11.5. The number of ether oxygens (including phenoxy) is 2. The lowest BCUT2D eigenvalue weighted by Gasteiger charge is -2.11. The molecule has 17 heavy (non-hydrogen) atoms. The van der Waals surface area contributed by atoms with Crippen LogP contribution in [0.25, 0.3) is 0 Å². The molecule has 0 bridgehead atoms. The van der Waals surface area contributed by atoms with Gasteiger partial charge in [-0.25, -0.2) is 8.42 Å². The Morgan fingerprint density at radius 2 is 2.00 bits per heavy atom. The summed E-state index contributed by atoms with van der Waals surface area (Å²) < 4.78 is 33.3. The van der Waals surface area contributed by atoms with Gasteiger partial charge in [0.15, 0.2) is 5.75 Å². The smallest absolute Gasteiger partial charge is 0.265 e. The van der Waals surface area contributed by atoms with Crippen LogP contribution in [-0.2, 0) is 13.8 Å². The fourth-order valence-corrected chi connectivity index (χ4v) is 3.16. The molecule has 1 aromatic rings. The number of hydrogen-bond acceptors (Lipinski definition) is 4. The molecule has 0 unspecified atom stereocenters. The van der Waals surface area contributed by atoms with Crippen LogP contribution in [-0.4, -0.2) is 28.7 Å². The Kier molecular flexibility index (Phi) is 5.53. The van der Waals surface area contributed by atoms with Crippen molar-refractivity contribution in [1.82, 2.24) is 0 Å². The van der Waals surface area contributed by atoms with E-state index in [2.05, 4.69) is 15.9 Å². The highest BCUT2D eigenvalue weighted by Gasteiger charge is 2.20. The van der Waals surface area contributed by atoms with Crippen molar-refractivity contribution in [2.24, 2.45) is 0 Å². The Morgan fingerprint density at radius 1 is 1.35 bits per heavy atom. The molecule has 0 amide bonds. The van der Waals surface area contributed by atoms with Gasteiger partial charge in [0.2, 0.25) is 0 Å². The highest BCUT2D eigenvalue weighted by atomic mass is 79.9. The van der Waals surface area contributed by atoms with Gasteiger partial charge in [0.1, 0.15) is 11.5 Å². The van der Waals surface area contributed by atoms with E-state index in [4.69, 9.17) is 31.8 Å². The molecule has 0 heterocycles. The second-order valence-corrected chi connectivity index (χ2v) is 6.85. The highest BCUT2D eigenvalue weighted by molar-refractivity contribution is 9.10. The van der Waals surface area contributed by atoms with Gasteiger partial charge in [-0.2, -0.15) is 0 Å². The van der Waals surface area contributed by atoms with Crippen molar-refractivity contribution in [2.75, 3.05) is 20.3 Å². The van der Waals surface area contributed by atoms with Crippen LogP contribution in [0.1, 0.15) is 0 Å². The van der Waals surface area contributed by atoms with Crippen LogP contribution in [0.15, 0.2) is 21.5 Å². The second kappa shape index (κ2) is 6.24. The topological polar surface area (TPSA) is 52.6 Å². The molecule has 96 valence electrons. The van der Waals surface area contributed by atoms with Crippen molar-refractivity contribution in [3.8, 4) is 5.75 Å². The van der Waals surface area contributed by atoms with Crippen molar-refractivity contribution in [1.29, 1.82) is 0 Å². The van der Waals surface area contributed by atoms with Gasteiger partial charge in [-0.3, -0.25) is 0 Å². The van der Waals surface area contributed by atoms with Crippen molar-refractivity contribution in [2.45, 2.75) is 4.90 Å². The Hall–Kier alpha value is -0.0100. The number of hydrogen-bond donors (Lipinski definition) is 0. The third-order valence-electron chi connectivity index (χ3n) is 1.77. The van der Waals surface area contributed by atoms with Crippen LogP contribution in [0.2, 0.25) is 5.02 Å². The van der Waals surface area contributed by atoms with Crippen LogP contribution < -0.4 is 4.74 Å². The molecule has 0 spiro atoms. The van der Waals surface area contributed by atoms with Gasteiger partial charge in [0, 0.05) is 22.3 Å². The maximum absolute atomic E-state index is 11.4. The molecule has 0 aromatic heterocycles. The Morgan fingerprint density at radius 3 is 2.53 bits per heavy atom. The Labute approximate surface area is 117 Å². The third kappa shape index (κ3) is 4.30. The molecular formula is C9H9BrCl2O4S. The fourth-order valence-electron chi connectivity index (χ4n) is 1.08. The number of rotatable bonds is 5. The molecule has 0 atom stereocenters. The maximum atomic E-state index is 11.4. The van der Waals surface area contributed by atoms with E-state index in [-0.39, 0.29) is 22.3 Å². The number of methoxy groups -OCH3 is 1. The van der Waals surface area contributed by atoms with Gasteiger partial charge >= 0.3 is 0 Å². The van der Waals surface area contributed by atoms with E-state index in [0.717, 1.165) is 0 Å². The third-order valence-corrected chi connectivity index (χ3v) is 3.84. The molecule has 0 saturated carbocycles. The fraction of sp³-hybridized carbons (Fsp3) is 0.333. The average Bonchev–Trinajstić information content (AvgIpc) is 2.19. The number of halogens is 3. The average molecular weight is 364 g/mol. The molecule has 0 saturated heterocycles. The molecule has 0 aliphatic rings. The van der Waals surface area contributed by atoms with Gasteiger partial charge in [-0.15, -0.1) is 0 Å². The van der Waals surface area contributed by atoms with Crippen molar-refractivity contribution in [3.63, 3.8) is 0 Å². The summed E-state index contributed by atoms with van der Waals surface area (Å²) in [5.41, 5.74) is 0. The molecule has 8 heteroatoms. The minimum absolute atomic E-state index is 0.0296. The number of benzene rings is 1. The van der Waals surface area contributed by atoms with E-state index in [0.29, 0.717) is 11.1 Å². The molecule has 0 fully saturated rings. The molecular weight excluding hydrogens is 355 g/mol. The monoisotopic (exact) mass is 362 g/mol. The first-order valence-electron chi connectivity index (χ1n) is 4.41. The summed E-state index contributed by atoms with van der Waals surface area (Å²) in [6, 6.07) is 2.85. The summed E-state index contributed by atoms with van der Waals surface area (Å²) in [6.07, 6.45) is 0. The van der Waals surface area contributed by atoms with E-state index in [1.54, 1.807) is 0 Å². The van der Waals surface area contributed by atoms with Crippen LogP contribution >= 0.6 is 38.2 Å². The minimum Gasteiger partial charge on any atom is -0.488 e. The van der Waals surface area contributed by atoms with Gasteiger partial charge in [-0.1, -0.05) is 27.5 Å². The SMILES string of the molecule is COCCOc1c(Cl)cc(Br)cc1S(=O)(=O)Cl. The first-order chi connectivity index (χ1) is 7.86. The summed E-state index contributed by atoms with van der Waals surface area (Å²) in [4.78, 5) is -0.172. The lowest BCUT2D eigenvalue weighted by atomic mass is 10.3. The molecule has 4 nitrogen and oxygen atoms in total. The summed E-state index contributed by atoms with van der Waals surface area (Å²) in [5.74, 6) is 0.0296. The maximum Gasteiger partial charge on any atom is 0.265 e. The van der Waals surface area contributed by atoms with Gasteiger partial charge < -0.3 is 9.47 Å². The Bertz CT molecular complexity index is 504. The summed E-state index contributed by atoms with van der Waals surface area (Å²) in [7, 11) is 2.88. The van der Waals surface area contributed by atoms with E-state index in [9.17, 15) is 8.42 Å². The zero-order valence-corrected chi connectivity index (χ0v) is 12.7. The zero-order chi connectivity index (χ0) is 13.1. The molecule has 0 radical (unpaired) electrons. The van der Waals surface area contributed by atoms with Crippen molar-refractivity contribution >= 4 is 47.3 Å². The van der Waals surface area contributed by atoms with Gasteiger partial charge in [0.05, 0.1) is 11.6 Å². The lowest BCUT2D eigenvalue weighted by Crippen LogP contribution is -2.07. The van der Waals surface area contributed by atoms with E-state index >= 15 is 0 Å². The van der Waals surface area contributed by atoms with Crippen molar-refractivity contribution in [3.05, 3.63) is 21.6 Å². The van der Waals surface area contributed by atoms with Gasteiger partial charge in [0.25, 0.3) is 9.05 Å². The Balaban J connectivity index is 3.17. The van der Waals surface area contributed by atoms with Crippen molar-refractivity contribution < 1.29 is 17.9 Å². The quantitative estimate of drug-likeness (QED) is 0.596. The highest BCUT2D eigenvalue weighted by Crippen LogP contribution is 2.37. The molecule has 0 aliphatic heterocycles. The van der Waals surface area contributed by atoms with E-state index in [1.807, 2.05) is 0 Å². The minimum atomic E-state index is -3.92. The zero-order valence-electron chi connectivity index (χ0n) is 8.74. The van der Waals surface area contributed by atoms with Crippen LogP contribution in [0.5, 0.6) is 5.75 Å². The largest absolute Gasteiger partial charge is 0.488 e. The first kappa shape index (κ1) is 15.0. The molecule has 0 N–H and O–H groups in total. The predicted octanol–water partition coefficient (Wildman–Crippen LogP) is 3.06. The second-order valence-electron chi connectivity index (χ2n) is 2.99. The standard InChI is InChI=1S/C9H9BrCl2O4S/c1-15-2-3-16-9-7(11)4-6(10)5-8(9)17(12,13)14/h4-5H,2-3H2,1H3. The molecule has 1 rings (SSSR count). The lowest BCUT2D eigenvalue weighted by molar-refractivity contribution is 0.145. The van der Waals surface area contributed by atoms with Crippen LogP contribution in [0, 0.1) is 0 Å². The van der Waals surface area contributed by atoms with Gasteiger partial charge in [-0.05, 0) is 12.1 Å². The van der Waals surface area contributed by atoms with E-state index < -0.39 is 9.05 Å². The first-order valence-corrected chi connectivity index (χ1v) is 7.89. The molecule has 1 aromatic carbocycles. The summed E-state index contributed by atoms with van der Waals surface area (Å²) >= 11 is 9.03. The molecule has 0 aliphatic carbocycles. The summed E-state index contributed by atoms with van der Waals surface area (Å²) in [5, 5.41) is 0.162. The summed E-state index contributed by atoms with van der Waals surface area (Å²) in [6.45, 7) is 0.491.